The third-order valence-corrected chi connectivity index (χ3v) is 5.90. The summed E-state index contributed by atoms with van der Waals surface area (Å²) < 4.78 is 6.52. The summed E-state index contributed by atoms with van der Waals surface area (Å²) in [5.41, 5.74) is -0.216. The van der Waals surface area contributed by atoms with E-state index in [0.717, 1.165) is 12.8 Å². The molecule has 29 heavy (non-hydrogen) atoms. The summed E-state index contributed by atoms with van der Waals surface area (Å²) in [5.74, 6) is -0.0746. The molecule has 0 unspecified atom stereocenters. The molecular formula is C22H29N3O4. The Morgan fingerprint density at radius 1 is 1.21 bits per heavy atom. The van der Waals surface area contributed by atoms with Crippen molar-refractivity contribution < 1.29 is 14.3 Å². The summed E-state index contributed by atoms with van der Waals surface area (Å²) in [4.78, 5) is 37.6. The lowest BCUT2D eigenvalue weighted by Crippen LogP contribution is -2.45. The first-order valence-electron chi connectivity index (χ1n) is 10.3. The molecule has 0 radical (unpaired) electrons. The van der Waals surface area contributed by atoms with Crippen molar-refractivity contribution in [3.05, 3.63) is 40.3 Å². The third-order valence-electron chi connectivity index (χ3n) is 5.90. The van der Waals surface area contributed by atoms with Crippen molar-refractivity contribution in [1.82, 2.24) is 15.1 Å². The van der Waals surface area contributed by atoms with Gasteiger partial charge in [-0.15, -0.1) is 0 Å². The SMILES string of the molecule is CC(C)n1nc(C(=O)OCC(=O)N[C@H]2CCC[C@@H](C)[C@H]2C)c2ccccc2c1=O. The topological polar surface area (TPSA) is 90.3 Å². The number of nitrogens with zero attached hydrogens (tertiary/aromatic N) is 2. The molecule has 0 saturated heterocycles. The minimum atomic E-state index is -0.712. The first-order chi connectivity index (χ1) is 13.8. The van der Waals surface area contributed by atoms with Gasteiger partial charge in [-0.25, -0.2) is 9.48 Å². The highest BCUT2D eigenvalue weighted by Gasteiger charge is 2.28. The van der Waals surface area contributed by atoms with Crippen molar-refractivity contribution in [3.63, 3.8) is 0 Å². The van der Waals surface area contributed by atoms with Gasteiger partial charge < -0.3 is 10.1 Å². The van der Waals surface area contributed by atoms with E-state index in [1.807, 2.05) is 13.8 Å². The smallest absolute Gasteiger partial charge is 0.359 e. The average Bonchev–Trinajstić information content (AvgIpc) is 2.70. The quantitative estimate of drug-likeness (QED) is 0.781. The van der Waals surface area contributed by atoms with Crippen LogP contribution >= 0.6 is 0 Å². The van der Waals surface area contributed by atoms with E-state index in [9.17, 15) is 14.4 Å². The Hall–Kier alpha value is -2.70. The Bertz CT molecular complexity index is 966. The van der Waals surface area contributed by atoms with Gasteiger partial charge in [0.2, 0.25) is 0 Å². The number of rotatable bonds is 5. The van der Waals surface area contributed by atoms with Crippen LogP contribution < -0.4 is 10.9 Å². The highest BCUT2D eigenvalue weighted by molar-refractivity contribution is 6.02. The second kappa shape index (κ2) is 8.76. The number of carbonyl (C=O) groups is 2. The van der Waals surface area contributed by atoms with Crippen molar-refractivity contribution in [2.24, 2.45) is 11.8 Å². The van der Waals surface area contributed by atoms with Gasteiger partial charge in [0.05, 0.1) is 11.4 Å². The molecule has 1 aromatic carbocycles. The van der Waals surface area contributed by atoms with Gasteiger partial charge in [-0.2, -0.15) is 5.10 Å². The lowest BCUT2D eigenvalue weighted by Gasteiger charge is -2.34. The maximum absolute atomic E-state index is 12.7. The van der Waals surface area contributed by atoms with Crippen LogP contribution in [0.5, 0.6) is 0 Å². The van der Waals surface area contributed by atoms with Gasteiger partial charge in [-0.3, -0.25) is 9.59 Å². The van der Waals surface area contributed by atoms with Crippen LogP contribution in [0.4, 0.5) is 0 Å². The third kappa shape index (κ3) is 4.49. The molecule has 156 valence electrons. The van der Waals surface area contributed by atoms with Crippen molar-refractivity contribution in [2.75, 3.05) is 6.61 Å². The fourth-order valence-corrected chi connectivity index (χ4v) is 3.94. The van der Waals surface area contributed by atoms with Crippen molar-refractivity contribution >= 4 is 22.6 Å². The van der Waals surface area contributed by atoms with Crippen molar-refractivity contribution in [1.29, 1.82) is 0 Å². The standard InChI is InChI=1S/C22H29N3O4/c1-13(2)25-21(27)17-10-6-5-9-16(17)20(24-25)22(28)29-12-19(26)23-18-11-7-8-14(3)15(18)4/h5-6,9-10,13-15,18H,7-8,11-12H2,1-4H3,(H,23,26)/t14-,15-,18+/m1/s1. The lowest BCUT2D eigenvalue weighted by molar-refractivity contribution is -0.125. The summed E-state index contributed by atoms with van der Waals surface area (Å²) in [6.45, 7) is 7.61. The first-order valence-corrected chi connectivity index (χ1v) is 10.3. The van der Waals surface area contributed by atoms with Gasteiger partial charge in [0.1, 0.15) is 0 Å². The summed E-state index contributed by atoms with van der Waals surface area (Å²) >= 11 is 0. The van der Waals surface area contributed by atoms with Crippen LogP contribution in [0.15, 0.2) is 29.1 Å². The van der Waals surface area contributed by atoms with E-state index < -0.39 is 5.97 Å². The van der Waals surface area contributed by atoms with E-state index in [1.165, 1.54) is 11.1 Å². The molecule has 1 fully saturated rings. The molecule has 7 heteroatoms. The van der Waals surface area contributed by atoms with Crippen molar-refractivity contribution in [2.45, 2.75) is 59.0 Å². The first kappa shape index (κ1) is 21.0. The van der Waals surface area contributed by atoms with Crippen LogP contribution in [-0.2, 0) is 9.53 Å². The number of nitrogens with one attached hydrogen (secondary N) is 1. The summed E-state index contributed by atoms with van der Waals surface area (Å²) in [7, 11) is 0. The number of ether oxygens (including phenoxy) is 1. The van der Waals surface area contributed by atoms with E-state index in [-0.39, 0.29) is 35.9 Å². The number of amides is 1. The van der Waals surface area contributed by atoms with Gasteiger partial charge in [0.25, 0.3) is 11.5 Å². The molecule has 0 aliphatic heterocycles. The molecule has 1 aliphatic rings. The minimum Gasteiger partial charge on any atom is -0.451 e. The zero-order valence-electron chi connectivity index (χ0n) is 17.5. The molecule has 1 heterocycles. The zero-order chi connectivity index (χ0) is 21.1. The molecule has 1 amide bonds. The Morgan fingerprint density at radius 2 is 1.90 bits per heavy atom. The number of benzene rings is 1. The van der Waals surface area contributed by atoms with Crippen LogP contribution in [0, 0.1) is 11.8 Å². The van der Waals surface area contributed by atoms with Gasteiger partial charge in [0.15, 0.2) is 12.3 Å². The minimum absolute atomic E-state index is 0.0429. The highest BCUT2D eigenvalue weighted by atomic mass is 16.5. The predicted molar refractivity (Wildman–Crippen MR) is 111 cm³/mol. The molecular weight excluding hydrogens is 370 g/mol. The molecule has 3 rings (SSSR count). The van der Waals surface area contributed by atoms with Gasteiger partial charge in [0, 0.05) is 11.4 Å². The molecule has 1 aliphatic carbocycles. The maximum Gasteiger partial charge on any atom is 0.359 e. The number of hydrogen-bond donors (Lipinski definition) is 1. The molecule has 1 saturated carbocycles. The molecule has 2 aromatic rings. The van der Waals surface area contributed by atoms with Gasteiger partial charge in [-0.05, 0) is 38.2 Å². The fourth-order valence-electron chi connectivity index (χ4n) is 3.94. The number of aromatic nitrogens is 2. The van der Waals surface area contributed by atoms with E-state index in [2.05, 4.69) is 24.3 Å². The Morgan fingerprint density at radius 3 is 2.59 bits per heavy atom. The van der Waals surface area contributed by atoms with Crippen LogP contribution in [0.3, 0.4) is 0 Å². The van der Waals surface area contributed by atoms with E-state index in [4.69, 9.17) is 4.74 Å². The van der Waals surface area contributed by atoms with Crippen LogP contribution in [0.25, 0.3) is 10.8 Å². The number of fused-ring (bicyclic) bond motifs is 1. The average molecular weight is 399 g/mol. The highest BCUT2D eigenvalue weighted by Crippen LogP contribution is 2.29. The molecule has 0 bridgehead atoms. The van der Waals surface area contributed by atoms with E-state index >= 15 is 0 Å². The van der Waals surface area contributed by atoms with E-state index in [1.54, 1.807) is 24.3 Å². The zero-order valence-corrected chi connectivity index (χ0v) is 17.5. The normalized spacial score (nSPS) is 21.9. The van der Waals surface area contributed by atoms with Crippen LogP contribution in [0.1, 0.15) is 63.5 Å². The fraction of sp³-hybridized carbons (Fsp3) is 0.545. The molecule has 7 nitrogen and oxygen atoms in total. The predicted octanol–water partition coefficient (Wildman–Crippen LogP) is 3.08. The Labute approximate surface area is 170 Å². The summed E-state index contributed by atoms with van der Waals surface area (Å²) in [6.07, 6.45) is 3.20. The Kier molecular flexibility index (Phi) is 6.35. The summed E-state index contributed by atoms with van der Waals surface area (Å²) in [6, 6.07) is 6.69. The molecule has 1 aromatic heterocycles. The lowest BCUT2D eigenvalue weighted by atomic mass is 9.78. The number of carbonyl (C=O) groups excluding carboxylic acids is 2. The maximum atomic E-state index is 12.7. The Balaban J connectivity index is 1.74. The van der Waals surface area contributed by atoms with Gasteiger partial charge in [-0.1, -0.05) is 44.9 Å². The molecule has 1 N–H and O–H groups in total. The molecule has 3 atom stereocenters. The number of hydrogen-bond acceptors (Lipinski definition) is 5. The van der Waals surface area contributed by atoms with Crippen molar-refractivity contribution in [3.8, 4) is 0 Å². The second-order valence-corrected chi connectivity index (χ2v) is 8.26. The second-order valence-electron chi connectivity index (χ2n) is 8.26. The van der Waals surface area contributed by atoms with Crippen LogP contribution in [0.2, 0.25) is 0 Å². The summed E-state index contributed by atoms with van der Waals surface area (Å²) in [5, 5.41) is 8.03. The van der Waals surface area contributed by atoms with E-state index in [0.29, 0.717) is 22.6 Å². The van der Waals surface area contributed by atoms with Crippen LogP contribution in [-0.4, -0.2) is 34.3 Å². The van der Waals surface area contributed by atoms with Gasteiger partial charge >= 0.3 is 5.97 Å². The number of esters is 1. The molecule has 0 spiro atoms. The monoisotopic (exact) mass is 399 g/mol. The largest absolute Gasteiger partial charge is 0.451 e.